The number of hydrogen-bond donors (Lipinski definition) is 8. The van der Waals surface area contributed by atoms with E-state index in [0.29, 0.717) is 5.56 Å². The molecule has 1 rings (SSSR count). The molecule has 0 saturated heterocycles. The highest BCUT2D eigenvalue weighted by Gasteiger charge is 2.31. The lowest BCUT2D eigenvalue weighted by atomic mass is 10.0. The number of nitrogens with two attached hydrogens (primary N) is 4. The smallest absolute Gasteiger partial charge is 0.326 e. The number of aliphatic carboxylic acids is 1. The molecule has 0 fully saturated rings. The lowest BCUT2D eigenvalue weighted by Crippen LogP contribution is -2.58. The van der Waals surface area contributed by atoms with Crippen LogP contribution in [-0.4, -0.2) is 70.7 Å². The number of hydrogen-bond acceptors (Lipinski definition) is 8. The molecule has 0 saturated carbocycles. The van der Waals surface area contributed by atoms with Crippen molar-refractivity contribution >= 4 is 41.4 Å². The predicted molar refractivity (Wildman–Crippen MR) is 132 cm³/mol. The molecule has 0 radical (unpaired) electrons. The first-order valence-electron chi connectivity index (χ1n) is 11.6. The molecular formula is C23H33N7O8. The molecule has 12 N–H and O–H groups in total. The third kappa shape index (κ3) is 11.9. The molecule has 0 aliphatic heterocycles. The highest BCUT2D eigenvalue weighted by Crippen LogP contribution is 2.07. The first kappa shape index (κ1) is 31.5. The summed E-state index contributed by atoms with van der Waals surface area (Å²) in [6.45, 7) is 0. The van der Waals surface area contributed by atoms with E-state index in [0.717, 1.165) is 0 Å². The number of amides is 6. The predicted octanol–water partition coefficient (Wildman–Crippen LogP) is -3.50. The van der Waals surface area contributed by atoms with Crippen molar-refractivity contribution in [2.45, 2.75) is 62.7 Å². The lowest BCUT2D eigenvalue weighted by Gasteiger charge is -2.25. The molecule has 1 aromatic carbocycles. The minimum absolute atomic E-state index is 0.0395. The Morgan fingerprint density at radius 2 is 1.16 bits per heavy atom. The molecule has 0 aliphatic rings. The van der Waals surface area contributed by atoms with Gasteiger partial charge < -0.3 is 44.0 Å². The zero-order valence-electron chi connectivity index (χ0n) is 20.6. The van der Waals surface area contributed by atoms with Crippen molar-refractivity contribution in [1.82, 2.24) is 16.0 Å². The van der Waals surface area contributed by atoms with Crippen molar-refractivity contribution in [3.8, 4) is 0 Å². The monoisotopic (exact) mass is 535 g/mol. The highest BCUT2D eigenvalue weighted by molar-refractivity contribution is 5.95. The van der Waals surface area contributed by atoms with Gasteiger partial charge in [-0.25, -0.2) is 4.79 Å². The van der Waals surface area contributed by atoms with Crippen molar-refractivity contribution in [2.24, 2.45) is 22.9 Å². The zero-order valence-corrected chi connectivity index (χ0v) is 20.6. The average molecular weight is 536 g/mol. The SMILES string of the molecule is NC(=O)CC[C@H](NC(=O)[C@H](CCC(N)=O)NC(=O)[C@H](Cc1ccccc1)NC(=O)[C@@H](N)CC(N)=O)C(=O)O. The van der Waals surface area contributed by atoms with E-state index >= 15 is 0 Å². The molecule has 0 bridgehead atoms. The zero-order chi connectivity index (χ0) is 28.8. The van der Waals surface area contributed by atoms with Gasteiger partial charge in [-0.1, -0.05) is 30.3 Å². The van der Waals surface area contributed by atoms with Crippen LogP contribution in [-0.2, 0) is 40.0 Å². The number of carboxylic acid groups (broad SMARTS) is 1. The third-order valence-electron chi connectivity index (χ3n) is 5.28. The van der Waals surface area contributed by atoms with Gasteiger partial charge in [-0.15, -0.1) is 0 Å². The number of rotatable bonds is 17. The van der Waals surface area contributed by atoms with E-state index in [2.05, 4.69) is 16.0 Å². The normalized spacial score (nSPS) is 13.7. The molecule has 0 heterocycles. The van der Waals surface area contributed by atoms with Crippen LogP contribution < -0.4 is 38.9 Å². The number of primary amides is 3. The van der Waals surface area contributed by atoms with Gasteiger partial charge in [0, 0.05) is 19.3 Å². The fraction of sp³-hybridized carbons (Fsp3) is 0.435. The maximum atomic E-state index is 13.2. The van der Waals surface area contributed by atoms with Gasteiger partial charge in [0.25, 0.3) is 0 Å². The van der Waals surface area contributed by atoms with Gasteiger partial charge in [-0.05, 0) is 18.4 Å². The molecule has 6 amide bonds. The van der Waals surface area contributed by atoms with Gasteiger partial charge >= 0.3 is 5.97 Å². The van der Waals surface area contributed by atoms with E-state index in [-0.39, 0.29) is 32.1 Å². The molecule has 0 spiro atoms. The summed E-state index contributed by atoms with van der Waals surface area (Å²) in [4.78, 5) is 83.5. The standard InChI is InChI=1S/C23H33N7O8/c24-13(11-19(27)33)20(34)30-16(10-12-4-2-1-3-5-12)22(36)28-14(6-8-17(25)31)21(35)29-15(23(37)38)7-9-18(26)32/h1-5,13-16H,6-11,24H2,(H2,25,31)(H2,26,32)(H2,27,33)(H,28,36)(H,29,35)(H,30,34)(H,37,38)/t13-,14-,15-,16-/m0/s1. The summed E-state index contributed by atoms with van der Waals surface area (Å²) in [5.74, 6) is -6.52. The average Bonchev–Trinajstić information content (AvgIpc) is 2.83. The number of nitrogens with one attached hydrogen (secondary N) is 3. The number of carboxylic acids is 1. The van der Waals surface area contributed by atoms with Gasteiger partial charge in [-0.3, -0.25) is 28.8 Å². The van der Waals surface area contributed by atoms with Crippen LogP contribution in [0.1, 0.15) is 37.7 Å². The van der Waals surface area contributed by atoms with Crippen LogP contribution in [0.15, 0.2) is 30.3 Å². The largest absolute Gasteiger partial charge is 0.480 e. The van der Waals surface area contributed by atoms with Crippen molar-refractivity contribution in [2.75, 3.05) is 0 Å². The second-order valence-corrected chi connectivity index (χ2v) is 8.50. The van der Waals surface area contributed by atoms with Crippen LogP contribution >= 0.6 is 0 Å². The third-order valence-corrected chi connectivity index (χ3v) is 5.28. The molecule has 15 heteroatoms. The number of carbonyl (C=O) groups excluding carboxylic acids is 6. The van der Waals surface area contributed by atoms with Crippen molar-refractivity contribution in [1.29, 1.82) is 0 Å². The Morgan fingerprint density at radius 3 is 1.66 bits per heavy atom. The number of carbonyl (C=O) groups is 7. The van der Waals surface area contributed by atoms with Crippen molar-refractivity contribution < 1.29 is 38.7 Å². The topological polar surface area (TPSA) is 280 Å². The van der Waals surface area contributed by atoms with E-state index in [1.54, 1.807) is 30.3 Å². The maximum absolute atomic E-state index is 13.2. The summed E-state index contributed by atoms with van der Waals surface area (Å²) in [5.41, 5.74) is 21.6. The number of benzene rings is 1. The Balaban J connectivity index is 3.13. The van der Waals surface area contributed by atoms with Gasteiger partial charge in [-0.2, -0.15) is 0 Å². The second-order valence-electron chi connectivity index (χ2n) is 8.50. The Morgan fingerprint density at radius 1 is 0.684 bits per heavy atom. The summed E-state index contributed by atoms with van der Waals surface area (Å²) in [7, 11) is 0. The summed E-state index contributed by atoms with van der Waals surface area (Å²) in [6, 6.07) is 2.95. The Hall–Kier alpha value is -4.53. The van der Waals surface area contributed by atoms with Gasteiger partial charge in [0.15, 0.2) is 0 Å². The Bertz CT molecular complexity index is 1030. The van der Waals surface area contributed by atoms with Crippen LogP contribution in [0.4, 0.5) is 0 Å². The molecular weight excluding hydrogens is 502 g/mol. The highest BCUT2D eigenvalue weighted by atomic mass is 16.4. The Kier molecular flexibility index (Phi) is 12.9. The molecule has 38 heavy (non-hydrogen) atoms. The van der Waals surface area contributed by atoms with Crippen LogP contribution in [0.3, 0.4) is 0 Å². The molecule has 1 aromatic rings. The van der Waals surface area contributed by atoms with Crippen molar-refractivity contribution in [3.05, 3.63) is 35.9 Å². The van der Waals surface area contributed by atoms with Gasteiger partial charge in [0.05, 0.1) is 12.5 Å². The van der Waals surface area contributed by atoms with E-state index < -0.39 is 72.0 Å². The van der Waals surface area contributed by atoms with Gasteiger partial charge in [0.1, 0.15) is 18.1 Å². The summed E-state index contributed by atoms with van der Waals surface area (Å²) < 4.78 is 0. The fourth-order valence-corrected chi connectivity index (χ4v) is 3.29. The van der Waals surface area contributed by atoms with Crippen molar-refractivity contribution in [3.63, 3.8) is 0 Å². The van der Waals surface area contributed by atoms with E-state index in [1.165, 1.54) is 0 Å². The summed E-state index contributed by atoms with van der Waals surface area (Å²) in [5, 5.41) is 16.4. The quantitative estimate of drug-likeness (QED) is 0.0980. The summed E-state index contributed by atoms with van der Waals surface area (Å²) >= 11 is 0. The molecule has 0 unspecified atom stereocenters. The molecule has 4 atom stereocenters. The van der Waals surface area contributed by atoms with Crippen LogP contribution in [0, 0.1) is 0 Å². The van der Waals surface area contributed by atoms with E-state index in [4.69, 9.17) is 22.9 Å². The van der Waals surface area contributed by atoms with E-state index in [1.807, 2.05) is 0 Å². The fourth-order valence-electron chi connectivity index (χ4n) is 3.29. The molecule has 15 nitrogen and oxygen atoms in total. The Labute approximate surface area is 218 Å². The maximum Gasteiger partial charge on any atom is 0.326 e. The minimum Gasteiger partial charge on any atom is -0.480 e. The first-order valence-corrected chi connectivity index (χ1v) is 11.6. The lowest BCUT2D eigenvalue weighted by molar-refractivity contribution is -0.142. The second kappa shape index (κ2) is 15.6. The van der Waals surface area contributed by atoms with E-state index in [9.17, 15) is 38.7 Å². The van der Waals surface area contributed by atoms with Crippen LogP contribution in [0.25, 0.3) is 0 Å². The summed E-state index contributed by atoms with van der Waals surface area (Å²) in [6.07, 6.45) is -1.78. The van der Waals surface area contributed by atoms with Crippen LogP contribution in [0.2, 0.25) is 0 Å². The minimum atomic E-state index is -1.51. The first-order chi connectivity index (χ1) is 17.8. The molecule has 0 aromatic heterocycles. The molecule has 0 aliphatic carbocycles. The molecule has 208 valence electrons. The van der Waals surface area contributed by atoms with Crippen LogP contribution in [0.5, 0.6) is 0 Å². The van der Waals surface area contributed by atoms with Gasteiger partial charge in [0.2, 0.25) is 35.4 Å².